The van der Waals surface area contributed by atoms with Crippen LogP contribution >= 0.6 is 0 Å². The van der Waals surface area contributed by atoms with Gasteiger partial charge in [-0.15, -0.1) is 0 Å². The molecule has 20 heavy (non-hydrogen) atoms. The Labute approximate surface area is 121 Å². The van der Waals surface area contributed by atoms with Gasteiger partial charge in [0.2, 0.25) is 0 Å². The number of aromatic hydroxyl groups is 1. The Morgan fingerprint density at radius 3 is 2.30 bits per heavy atom. The quantitative estimate of drug-likeness (QED) is 0.880. The first-order chi connectivity index (χ1) is 9.47. The van der Waals surface area contributed by atoms with Crippen LogP contribution in [-0.2, 0) is 18.5 Å². The van der Waals surface area contributed by atoms with Crippen LogP contribution in [0.3, 0.4) is 0 Å². The van der Waals surface area contributed by atoms with E-state index >= 15 is 0 Å². The van der Waals surface area contributed by atoms with Gasteiger partial charge in [-0.3, -0.25) is 0 Å². The van der Waals surface area contributed by atoms with Gasteiger partial charge in [0.15, 0.2) is 0 Å². The lowest BCUT2D eigenvalue weighted by Crippen LogP contribution is -2.15. The fourth-order valence-electron chi connectivity index (χ4n) is 2.13. The SMILES string of the molecule is CC(C)(C)c1ccc(O)c(CNCc2ccccc2)c1. The van der Waals surface area contributed by atoms with Gasteiger partial charge in [-0.05, 0) is 22.6 Å². The van der Waals surface area contributed by atoms with Crippen molar-refractivity contribution in [3.8, 4) is 5.75 Å². The van der Waals surface area contributed by atoms with Gasteiger partial charge in [0, 0.05) is 18.7 Å². The van der Waals surface area contributed by atoms with Crippen LogP contribution in [0.2, 0.25) is 0 Å². The predicted molar refractivity (Wildman–Crippen MR) is 83.8 cm³/mol. The molecule has 0 aliphatic heterocycles. The van der Waals surface area contributed by atoms with Crippen LogP contribution in [-0.4, -0.2) is 5.11 Å². The summed E-state index contributed by atoms with van der Waals surface area (Å²) in [5.41, 5.74) is 3.54. The lowest BCUT2D eigenvalue weighted by Gasteiger charge is -2.20. The fraction of sp³-hybridized carbons (Fsp3) is 0.333. The lowest BCUT2D eigenvalue weighted by molar-refractivity contribution is 0.462. The van der Waals surface area contributed by atoms with E-state index in [9.17, 15) is 5.11 Å². The summed E-state index contributed by atoms with van der Waals surface area (Å²) in [5.74, 6) is 0.360. The van der Waals surface area contributed by atoms with Crippen molar-refractivity contribution in [2.45, 2.75) is 39.3 Å². The second kappa shape index (κ2) is 6.10. The molecule has 0 unspecified atom stereocenters. The van der Waals surface area contributed by atoms with Gasteiger partial charge in [-0.25, -0.2) is 0 Å². The van der Waals surface area contributed by atoms with Crippen molar-refractivity contribution in [2.24, 2.45) is 0 Å². The molecular weight excluding hydrogens is 246 g/mol. The van der Waals surface area contributed by atoms with Crippen LogP contribution in [0.1, 0.15) is 37.5 Å². The molecule has 0 saturated heterocycles. The van der Waals surface area contributed by atoms with Crippen molar-refractivity contribution in [3.63, 3.8) is 0 Å². The topological polar surface area (TPSA) is 32.3 Å². The minimum atomic E-state index is 0.0991. The molecule has 2 rings (SSSR count). The maximum atomic E-state index is 9.96. The second-order valence-electron chi connectivity index (χ2n) is 6.18. The van der Waals surface area contributed by atoms with Crippen molar-refractivity contribution >= 4 is 0 Å². The van der Waals surface area contributed by atoms with Gasteiger partial charge in [0.05, 0.1) is 0 Å². The molecule has 0 spiro atoms. The average molecular weight is 269 g/mol. The second-order valence-corrected chi connectivity index (χ2v) is 6.18. The maximum Gasteiger partial charge on any atom is 0.120 e. The third kappa shape index (κ3) is 3.84. The molecule has 0 amide bonds. The van der Waals surface area contributed by atoms with E-state index in [0.29, 0.717) is 12.3 Å². The van der Waals surface area contributed by atoms with E-state index in [-0.39, 0.29) is 5.41 Å². The smallest absolute Gasteiger partial charge is 0.120 e. The molecule has 2 aromatic carbocycles. The number of benzene rings is 2. The number of nitrogens with one attached hydrogen (secondary N) is 1. The van der Waals surface area contributed by atoms with Gasteiger partial charge in [0.1, 0.15) is 5.75 Å². The van der Waals surface area contributed by atoms with Gasteiger partial charge in [-0.2, -0.15) is 0 Å². The monoisotopic (exact) mass is 269 g/mol. The van der Waals surface area contributed by atoms with Gasteiger partial charge in [-0.1, -0.05) is 63.2 Å². The molecule has 0 bridgehead atoms. The fourth-order valence-corrected chi connectivity index (χ4v) is 2.13. The highest BCUT2D eigenvalue weighted by Crippen LogP contribution is 2.27. The highest BCUT2D eigenvalue weighted by molar-refractivity contribution is 5.38. The first kappa shape index (κ1) is 14.6. The molecule has 106 valence electrons. The normalized spacial score (nSPS) is 11.6. The number of phenolic OH excluding ortho intramolecular Hbond substituents is 1. The Kier molecular flexibility index (Phi) is 4.46. The molecule has 0 fully saturated rings. The van der Waals surface area contributed by atoms with Crippen molar-refractivity contribution in [1.82, 2.24) is 5.32 Å². The summed E-state index contributed by atoms with van der Waals surface area (Å²) in [5, 5.41) is 13.3. The minimum Gasteiger partial charge on any atom is -0.508 e. The zero-order chi connectivity index (χ0) is 14.6. The molecule has 0 radical (unpaired) electrons. The Bertz CT molecular complexity index is 555. The molecule has 2 nitrogen and oxygen atoms in total. The van der Waals surface area contributed by atoms with E-state index < -0.39 is 0 Å². The van der Waals surface area contributed by atoms with Crippen LogP contribution < -0.4 is 5.32 Å². The van der Waals surface area contributed by atoms with Crippen LogP contribution in [0.5, 0.6) is 5.75 Å². The number of phenols is 1. The number of hydrogen-bond acceptors (Lipinski definition) is 2. The third-order valence-electron chi connectivity index (χ3n) is 3.43. The van der Waals surface area contributed by atoms with E-state index in [0.717, 1.165) is 12.1 Å². The molecule has 2 heteroatoms. The van der Waals surface area contributed by atoms with E-state index in [1.54, 1.807) is 6.07 Å². The molecule has 2 N–H and O–H groups in total. The molecule has 2 aromatic rings. The number of rotatable bonds is 4. The molecule has 0 heterocycles. The molecule has 0 aromatic heterocycles. The summed E-state index contributed by atoms with van der Waals surface area (Å²) in [7, 11) is 0. The van der Waals surface area contributed by atoms with Crippen molar-refractivity contribution in [3.05, 3.63) is 65.2 Å². The van der Waals surface area contributed by atoms with Crippen LogP contribution in [0.4, 0.5) is 0 Å². The standard InChI is InChI=1S/C18H23NO/c1-18(2,3)16-9-10-17(20)15(11-16)13-19-12-14-7-5-4-6-8-14/h4-11,19-20H,12-13H2,1-3H3. The molecule has 0 aliphatic rings. The molecule has 0 saturated carbocycles. The van der Waals surface area contributed by atoms with Crippen LogP contribution in [0.15, 0.2) is 48.5 Å². The first-order valence-corrected chi connectivity index (χ1v) is 7.04. The van der Waals surface area contributed by atoms with E-state index in [1.165, 1.54) is 11.1 Å². The maximum absolute atomic E-state index is 9.96. The Balaban J connectivity index is 2.02. The van der Waals surface area contributed by atoms with E-state index in [1.807, 2.05) is 24.3 Å². The Hall–Kier alpha value is -1.80. The van der Waals surface area contributed by atoms with E-state index in [2.05, 4.69) is 44.3 Å². The number of hydrogen-bond donors (Lipinski definition) is 2. The predicted octanol–water partition coefficient (Wildman–Crippen LogP) is 3.98. The molecule has 0 atom stereocenters. The summed E-state index contributed by atoms with van der Waals surface area (Å²) >= 11 is 0. The first-order valence-electron chi connectivity index (χ1n) is 7.04. The summed E-state index contributed by atoms with van der Waals surface area (Å²) in [6.07, 6.45) is 0. The minimum absolute atomic E-state index is 0.0991. The van der Waals surface area contributed by atoms with Gasteiger partial charge < -0.3 is 10.4 Å². The van der Waals surface area contributed by atoms with Crippen LogP contribution in [0, 0.1) is 0 Å². The largest absolute Gasteiger partial charge is 0.508 e. The summed E-state index contributed by atoms with van der Waals surface area (Å²) < 4.78 is 0. The molecule has 0 aliphatic carbocycles. The highest BCUT2D eigenvalue weighted by atomic mass is 16.3. The summed E-state index contributed by atoms with van der Waals surface area (Å²) in [6.45, 7) is 8.02. The average Bonchev–Trinajstić information content (AvgIpc) is 2.41. The van der Waals surface area contributed by atoms with E-state index in [4.69, 9.17) is 0 Å². The summed E-state index contributed by atoms with van der Waals surface area (Å²) in [6, 6.07) is 16.2. The Morgan fingerprint density at radius 1 is 0.950 bits per heavy atom. The summed E-state index contributed by atoms with van der Waals surface area (Å²) in [4.78, 5) is 0. The van der Waals surface area contributed by atoms with Crippen molar-refractivity contribution < 1.29 is 5.11 Å². The highest BCUT2D eigenvalue weighted by Gasteiger charge is 2.15. The van der Waals surface area contributed by atoms with Crippen molar-refractivity contribution in [1.29, 1.82) is 0 Å². The Morgan fingerprint density at radius 2 is 1.65 bits per heavy atom. The van der Waals surface area contributed by atoms with Gasteiger partial charge >= 0.3 is 0 Å². The zero-order valence-electron chi connectivity index (χ0n) is 12.5. The molecular formula is C18H23NO. The lowest BCUT2D eigenvalue weighted by atomic mass is 9.86. The third-order valence-corrected chi connectivity index (χ3v) is 3.43. The van der Waals surface area contributed by atoms with Crippen molar-refractivity contribution in [2.75, 3.05) is 0 Å². The van der Waals surface area contributed by atoms with Crippen LogP contribution in [0.25, 0.3) is 0 Å². The van der Waals surface area contributed by atoms with Gasteiger partial charge in [0.25, 0.3) is 0 Å². The zero-order valence-corrected chi connectivity index (χ0v) is 12.5.